The lowest BCUT2D eigenvalue weighted by molar-refractivity contribution is 0.0668. The number of hydrogen-bond acceptors (Lipinski definition) is 3. The third-order valence-corrected chi connectivity index (χ3v) is 4.56. The van der Waals surface area contributed by atoms with Crippen molar-refractivity contribution in [1.29, 1.82) is 0 Å². The number of benzene rings is 1. The second kappa shape index (κ2) is 10.1. The van der Waals surface area contributed by atoms with Gasteiger partial charge in [-0.1, -0.05) is 17.7 Å². The van der Waals surface area contributed by atoms with Crippen molar-refractivity contribution in [2.24, 2.45) is 4.99 Å². The summed E-state index contributed by atoms with van der Waals surface area (Å²) in [5, 5.41) is 3.84. The predicted molar refractivity (Wildman–Crippen MR) is 114 cm³/mol. The van der Waals surface area contributed by atoms with Crippen LogP contribution in [-0.4, -0.2) is 53.6 Å². The van der Waals surface area contributed by atoms with Crippen LogP contribution in [0.5, 0.6) is 0 Å². The molecule has 0 aliphatic carbocycles. The molecular formula is C17H22ClF2IN6. The average Bonchev–Trinajstić information content (AvgIpc) is 3.12. The van der Waals surface area contributed by atoms with Crippen molar-refractivity contribution in [2.45, 2.75) is 13.1 Å². The van der Waals surface area contributed by atoms with Crippen molar-refractivity contribution in [3.05, 3.63) is 47.5 Å². The molecule has 0 unspecified atom stereocenters. The molecule has 2 heterocycles. The van der Waals surface area contributed by atoms with Gasteiger partial charge >= 0.3 is 6.55 Å². The van der Waals surface area contributed by atoms with Crippen LogP contribution in [0.25, 0.3) is 0 Å². The summed E-state index contributed by atoms with van der Waals surface area (Å²) >= 11 is 6.06. The molecule has 0 radical (unpaired) electrons. The molecule has 0 amide bonds. The normalized spacial score (nSPS) is 15.1. The first kappa shape index (κ1) is 21.7. The van der Waals surface area contributed by atoms with Gasteiger partial charge in [-0.2, -0.15) is 8.78 Å². The Morgan fingerprint density at radius 2 is 2.04 bits per heavy atom. The summed E-state index contributed by atoms with van der Waals surface area (Å²) in [5.41, 5.74) is 1.10. The van der Waals surface area contributed by atoms with Crippen molar-refractivity contribution >= 4 is 47.2 Å². The molecule has 3 rings (SSSR count). The van der Waals surface area contributed by atoms with E-state index in [1.165, 1.54) is 12.4 Å². The summed E-state index contributed by atoms with van der Waals surface area (Å²) in [6.45, 7) is 0.792. The van der Waals surface area contributed by atoms with Crippen LogP contribution >= 0.6 is 35.6 Å². The summed E-state index contributed by atoms with van der Waals surface area (Å²) in [6.07, 6.45) is 2.64. The molecular weight excluding hydrogens is 489 g/mol. The van der Waals surface area contributed by atoms with Crippen molar-refractivity contribution < 1.29 is 8.78 Å². The fourth-order valence-electron chi connectivity index (χ4n) is 3.00. The number of anilines is 1. The molecule has 0 atom stereocenters. The predicted octanol–water partition coefficient (Wildman–Crippen LogP) is 3.45. The molecule has 0 spiro atoms. The number of nitrogens with zero attached hydrogens (tertiary/aromatic N) is 5. The smallest absolute Gasteiger partial charge is 0.319 e. The number of aromatic nitrogens is 2. The third-order valence-electron chi connectivity index (χ3n) is 4.33. The molecule has 0 saturated carbocycles. The maximum absolute atomic E-state index is 12.9. The third kappa shape index (κ3) is 5.44. The minimum Gasteiger partial charge on any atom is -0.368 e. The van der Waals surface area contributed by atoms with Crippen LogP contribution in [0.15, 0.2) is 41.7 Å². The Hall–Kier alpha value is -1.62. The minimum atomic E-state index is -2.60. The monoisotopic (exact) mass is 510 g/mol. The highest BCUT2D eigenvalue weighted by Crippen LogP contribution is 2.20. The molecule has 0 bridgehead atoms. The van der Waals surface area contributed by atoms with E-state index in [-0.39, 0.29) is 36.3 Å². The van der Waals surface area contributed by atoms with E-state index in [1.807, 2.05) is 24.3 Å². The van der Waals surface area contributed by atoms with E-state index in [9.17, 15) is 8.78 Å². The maximum Gasteiger partial charge on any atom is 0.319 e. The SMILES string of the molecule is CN=C(NCc1nccn1C(F)F)N1CCN(c2cccc(Cl)c2)CC1.I. The van der Waals surface area contributed by atoms with E-state index in [2.05, 4.69) is 25.1 Å². The molecule has 148 valence electrons. The first-order chi connectivity index (χ1) is 12.6. The van der Waals surface area contributed by atoms with Gasteiger partial charge in [-0.3, -0.25) is 9.56 Å². The van der Waals surface area contributed by atoms with Gasteiger partial charge in [0.2, 0.25) is 0 Å². The van der Waals surface area contributed by atoms with Gasteiger partial charge in [0.1, 0.15) is 5.82 Å². The highest BCUT2D eigenvalue weighted by Gasteiger charge is 2.20. The molecule has 1 aromatic heterocycles. The van der Waals surface area contributed by atoms with Gasteiger partial charge in [0, 0.05) is 56.3 Å². The lowest BCUT2D eigenvalue weighted by atomic mass is 10.2. The van der Waals surface area contributed by atoms with Crippen LogP contribution in [0.3, 0.4) is 0 Å². The molecule has 1 N–H and O–H groups in total. The van der Waals surface area contributed by atoms with Gasteiger partial charge < -0.3 is 15.1 Å². The lowest BCUT2D eigenvalue weighted by Crippen LogP contribution is -2.52. The van der Waals surface area contributed by atoms with Gasteiger partial charge in [-0.05, 0) is 18.2 Å². The van der Waals surface area contributed by atoms with Crippen LogP contribution in [0.4, 0.5) is 14.5 Å². The van der Waals surface area contributed by atoms with Crippen molar-refractivity contribution in [2.75, 3.05) is 38.1 Å². The molecule has 2 aromatic rings. The Bertz CT molecular complexity index is 761. The number of aliphatic imine (C=N–C) groups is 1. The molecule has 1 fully saturated rings. The van der Waals surface area contributed by atoms with Crippen LogP contribution in [0, 0.1) is 0 Å². The maximum atomic E-state index is 12.9. The summed E-state index contributed by atoms with van der Waals surface area (Å²) in [5.74, 6) is 0.957. The number of imidazole rings is 1. The van der Waals surface area contributed by atoms with Crippen molar-refractivity contribution in [3.63, 3.8) is 0 Å². The highest BCUT2D eigenvalue weighted by molar-refractivity contribution is 14.0. The Morgan fingerprint density at radius 3 is 2.67 bits per heavy atom. The number of rotatable bonds is 4. The van der Waals surface area contributed by atoms with E-state index in [1.54, 1.807) is 7.05 Å². The summed E-state index contributed by atoms with van der Waals surface area (Å²) in [4.78, 5) is 12.6. The van der Waals surface area contributed by atoms with Crippen LogP contribution in [0.1, 0.15) is 12.4 Å². The molecule has 6 nitrogen and oxygen atoms in total. The van der Waals surface area contributed by atoms with Crippen LogP contribution in [-0.2, 0) is 6.54 Å². The van der Waals surface area contributed by atoms with Crippen molar-refractivity contribution in [1.82, 2.24) is 19.8 Å². The quantitative estimate of drug-likeness (QED) is 0.389. The van der Waals surface area contributed by atoms with E-state index in [0.29, 0.717) is 5.96 Å². The van der Waals surface area contributed by atoms with E-state index in [4.69, 9.17) is 11.6 Å². The zero-order valence-electron chi connectivity index (χ0n) is 14.9. The molecule has 10 heteroatoms. The Morgan fingerprint density at radius 1 is 1.30 bits per heavy atom. The van der Waals surface area contributed by atoms with Gasteiger partial charge in [-0.25, -0.2) is 4.98 Å². The number of guanidine groups is 1. The second-order valence-electron chi connectivity index (χ2n) is 5.88. The highest BCUT2D eigenvalue weighted by atomic mass is 127. The molecule has 1 aliphatic heterocycles. The number of nitrogens with one attached hydrogen (secondary N) is 1. The fourth-order valence-corrected chi connectivity index (χ4v) is 3.18. The lowest BCUT2D eigenvalue weighted by Gasteiger charge is -2.37. The average molecular weight is 511 g/mol. The van der Waals surface area contributed by atoms with Gasteiger partial charge in [0.15, 0.2) is 5.96 Å². The molecule has 27 heavy (non-hydrogen) atoms. The summed E-state index contributed by atoms with van der Waals surface area (Å²) < 4.78 is 26.6. The Kier molecular flexibility index (Phi) is 8.08. The standard InChI is InChI=1S/C17H21ClF2N6.HI/c1-21-17(23-12-15-22-5-6-26(15)16(19)20)25-9-7-24(8-10-25)14-4-2-3-13(18)11-14;/h2-6,11,16H,7-10,12H2,1H3,(H,21,23);1H. The Labute approximate surface area is 179 Å². The van der Waals surface area contributed by atoms with Crippen LogP contribution in [0.2, 0.25) is 5.02 Å². The number of halogens is 4. The fraction of sp³-hybridized carbons (Fsp3) is 0.412. The number of piperazine rings is 1. The van der Waals surface area contributed by atoms with Gasteiger partial charge in [0.25, 0.3) is 0 Å². The molecule has 1 saturated heterocycles. The number of alkyl halides is 2. The molecule has 1 aliphatic rings. The zero-order chi connectivity index (χ0) is 18.5. The van der Waals surface area contributed by atoms with E-state index >= 15 is 0 Å². The topological polar surface area (TPSA) is 48.7 Å². The number of hydrogen-bond donors (Lipinski definition) is 1. The van der Waals surface area contributed by atoms with Gasteiger partial charge in [-0.15, -0.1) is 24.0 Å². The Balaban J connectivity index is 0.00000261. The molecule has 1 aromatic carbocycles. The minimum absolute atomic E-state index is 0. The first-order valence-corrected chi connectivity index (χ1v) is 8.72. The summed E-state index contributed by atoms with van der Waals surface area (Å²) in [7, 11) is 1.69. The largest absolute Gasteiger partial charge is 0.368 e. The van der Waals surface area contributed by atoms with E-state index < -0.39 is 6.55 Å². The van der Waals surface area contributed by atoms with Crippen molar-refractivity contribution in [3.8, 4) is 0 Å². The second-order valence-corrected chi connectivity index (χ2v) is 6.32. The zero-order valence-corrected chi connectivity index (χ0v) is 17.9. The van der Waals surface area contributed by atoms with Crippen LogP contribution < -0.4 is 10.2 Å². The summed E-state index contributed by atoms with van der Waals surface area (Å²) in [6, 6.07) is 7.79. The van der Waals surface area contributed by atoms with Gasteiger partial charge in [0.05, 0.1) is 6.54 Å². The van der Waals surface area contributed by atoms with E-state index in [0.717, 1.165) is 41.5 Å². The first-order valence-electron chi connectivity index (χ1n) is 8.34.